The Morgan fingerprint density at radius 2 is 1.24 bits per heavy atom. The maximum Gasteiger partial charge on any atom is 0.191 e. The highest BCUT2D eigenvalue weighted by Crippen LogP contribution is 2.22. The number of hydrogen-bond acceptors (Lipinski definition) is 5. The Kier molecular flexibility index (Phi) is 9.17. The maximum atomic E-state index is 10.6. The monoisotopic (exact) mass is 530 g/mol. The number of benzene rings is 3. The average Bonchev–Trinajstić information content (AvgIpc) is 2.76. The van der Waals surface area contributed by atoms with Crippen molar-refractivity contribution in [2.24, 2.45) is 10.2 Å². The smallest absolute Gasteiger partial charge is 0.191 e. The molecule has 0 fully saturated rings. The number of phenolic OH excluding ortho intramolecular Hbond substituents is 1. The molecule has 0 bridgehead atoms. The molecule has 0 aliphatic heterocycles. The molecule has 5 N–H and O–H groups in total. The highest BCUT2D eigenvalue weighted by molar-refractivity contribution is 7.80. The molecule has 7 nitrogen and oxygen atoms in total. The summed E-state index contributed by atoms with van der Waals surface area (Å²) in [6.07, 6.45) is 2.93. The Hall–Kier alpha value is -3.24. The molecular weight excluding hydrogens is 511 g/mol. The number of rotatable bonds is 6. The number of thiocarbonyl (C=S) groups is 2. The first kappa shape index (κ1) is 25.4. The number of anilines is 2. The van der Waals surface area contributed by atoms with E-state index in [9.17, 15) is 5.11 Å². The van der Waals surface area contributed by atoms with Gasteiger partial charge in [0, 0.05) is 32.5 Å². The molecule has 0 aliphatic rings. The van der Waals surface area contributed by atoms with E-state index < -0.39 is 0 Å². The third-order valence-corrected chi connectivity index (χ3v) is 5.07. The van der Waals surface area contributed by atoms with E-state index in [0.29, 0.717) is 21.2 Å². The Morgan fingerprint density at radius 3 is 1.65 bits per heavy atom. The van der Waals surface area contributed by atoms with Crippen LogP contribution in [0, 0.1) is 6.92 Å². The van der Waals surface area contributed by atoms with Crippen molar-refractivity contribution in [2.45, 2.75) is 6.92 Å². The summed E-state index contributed by atoms with van der Waals surface area (Å²) in [6, 6.07) is 17.8. The fourth-order valence-corrected chi connectivity index (χ4v) is 3.53. The molecule has 0 saturated carbocycles. The van der Waals surface area contributed by atoms with Crippen LogP contribution >= 0.6 is 47.6 Å². The van der Waals surface area contributed by atoms with E-state index in [4.69, 9.17) is 47.6 Å². The Labute approximate surface area is 217 Å². The van der Waals surface area contributed by atoms with Gasteiger partial charge in [-0.15, -0.1) is 0 Å². The molecule has 0 radical (unpaired) electrons. The largest absolute Gasteiger partial charge is 0.507 e. The first-order valence-electron chi connectivity index (χ1n) is 9.85. The lowest BCUT2D eigenvalue weighted by atomic mass is 10.1. The van der Waals surface area contributed by atoms with Gasteiger partial charge in [0.2, 0.25) is 0 Å². The molecule has 0 atom stereocenters. The molecule has 0 spiro atoms. The summed E-state index contributed by atoms with van der Waals surface area (Å²) in [7, 11) is 0. The lowest BCUT2D eigenvalue weighted by Crippen LogP contribution is -2.24. The van der Waals surface area contributed by atoms with E-state index in [-0.39, 0.29) is 16.0 Å². The number of aromatic hydroxyl groups is 1. The molecule has 174 valence electrons. The number of nitrogens with one attached hydrogen (secondary N) is 4. The van der Waals surface area contributed by atoms with Crippen LogP contribution in [-0.2, 0) is 0 Å². The molecule has 0 amide bonds. The van der Waals surface area contributed by atoms with Crippen LogP contribution in [0.25, 0.3) is 0 Å². The zero-order valence-corrected chi connectivity index (χ0v) is 21.0. The predicted octanol–water partition coefficient (Wildman–Crippen LogP) is 5.65. The van der Waals surface area contributed by atoms with Gasteiger partial charge in [-0.25, -0.2) is 0 Å². The van der Waals surface area contributed by atoms with E-state index in [1.165, 1.54) is 12.4 Å². The highest BCUT2D eigenvalue weighted by atomic mass is 35.5. The minimum atomic E-state index is 0.00383. The number of nitrogens with zero attached hydrogens (tertiary/aromatic N) is 2. The minimum Gasteiger partial charge on any atom is -0.507 e. The van der Waals surface area contributed by atoms with Gasteiger partial charge >= 0.3 is 0 Å². The van der Waals surface area contributed by atoms with Gasteiger partial charge < -0.3 is 15.7 Å². The molecule has 34 heavy (non-hydrogen) atoms. The Balaban J connectivity index is 1.60. The Morgan fingerprint density at radius 1 is 0.794 bits per heavy atom. The molecule has 0 aromatic heterocycles. The fourth-order valence-electron chi connectivity index (χ4n) is 2.80. The number of hydrazone groups is 2. The molecule has 3 aromatic rings. The first-order valence-corrected chi connectivity index (χ1v) is 11.4. The predicted molar refractivity (Wildman–Crippen MR) is 150 cm³/mol. The van der Waals surface area contributed by atoms with Gasteiger partial charge in [0.25, 0.3) is 0 Å². The lowest BCUT2D eigenvalue weighted by Gasteiger charge is -2.09. The molecular formula is C23H20Cl2N6OS2. The summed E-state index contributed by atoms with van der Waals surface area (Å²) in [5, 5.41) is 26.5. The van der Waals surface area contributed by atoms with Crippen molar-refractivity contribution in [2.75, 3.05) is 10.6 Å². The number of aryl methyl sites for hydroxylation is 1. The second-order valence-electron chi connectivity index (χ2n) is 6.96. The van der Waals surface area contributed by atoms with Crippen molar-refractivity contribution in [3.8, 4) is 5.75 Å². The van der Waals surface area contributed by atoms with Crippen molar-refractivity contribution in [1.82, 2.24) is 10.9 Å². The van der Waals surface area contributed by atoms with Crippen molar-refractivity contribution >= 4 is 81.7 Å². The van der Waals surface area contributed by atoms with Crippen LogP contribution in [0.2, 0.25) is 10.0 Å². The van der Waals surface area contributed by atoms with Crippen LogP contribution in [0.15, 0.2) is 70.9 Å². The van der Waals surface area contributed by atoms with E-state index in [1.54, 1.807) is 48.5 Å². The van der Waals surface area contributed by atoms with E-state index in [1.807, 2.05) is 19.1 Å². The zero-order valence-electron chi connectivity index (χ0n) is 17.8. The quantitative estimate of drug-likeness (QED) is 0.160. The van der Waals surface area contributed by atoms with Gasteiger partial charge in [-0.2, -0.15) is 10.2 Å². The maximum absolute atomic E-state index is 10.6. The molecule has 0 unspecified atom stereocenters. The van der Waals surface area contributed by atoms with Gasteiger partial charge in [0.15, 0.2) is 10.2 Å². The molecule has 3 rings (SSSR count). The van der Waals surface area contributed by atoms with Gasteiger partial charge in [-0.1, -0.05) is 35.3 Å². The third kappa shape index (κ3) is 7.96. The van der Waals surface area contributed by atoms with Crippen molar-refractivity contribution in [3.05, 3.63) is 87.4 Å². The normalized spacial score (nSPS) is 10.9. The topological polar surface area (TPSA) is 93.1 Å². The summed E-state index contributed by atoms with van der Waals surface area (Å²) in [6.45, 7) is 1.89. The van der Waals surface area contributed by atoms with Crippen molar-refractivity contribution < 1.29 is 5.11 Å². The molecule has 0 saturated heterocycles. The van der Waals surface area contributed by atoms with Crippen LogP contribution in [0.4, 0.5) is 11.4 Å². The van der Waals surface area contributed by atoms with Crippen molar-refractivity contribution in [3.63, 3.8) is 0 Å². The standard InChI is InChI=1S/C23H20Cl2N6OS2/c1-14-8-15(12-26-30-22(33)28-19-6-2-4-17(24)10-19)21(32)16(9-14)13-27-31-23(34)29-20-7-3-5-18(25)11-20/h2-13,32H,1H3,(H2,28,30,33)(H2,29,31,34)/b26-12-,27-13+. The van der Waals surface area contributed by atoms with Crippen LogP contribution in [0.5, 0.6) is 5.75 Å². The van der Waals surface area contributed by atoms with Gasteiger partial charge in [0.1, 0.15) is 5.75 Å². The zero-order chi connectivity index (χ0) is 24.5. The fraction of sp³-hybridized carbons (Fsp3) is 0.0435. The average molecular weight is 531 g/mol. The summed E-state index contributed by atoms with van der Waals surface area (Å²) >= 11 is 22.4. The number of phenols is 1. The van der Waals surface area contributed by atoms with Crippen LogP contribution in [0.3, 0.4) is 0 Å². The molecule has 0 heterocycles. The summed E-state index contributed by atoms with van der Waals surface area (Å²) in [5.74, 6) is 0.00383. The van der Waals surface area contributed by atoms with E-state index >= 15 is 0 Å². The van der Waals surface area contributed by atoms with E-state index in [2.05, 4.69) is 31.7 Å². The summed E-state index contributed by atoms with van der Waals surface area (Å²) in [5.41, 5.74) is 8.74. The van der Waals surface area contributed by atoms with Crippen LogP contribution in [0.1, 0.15) is 16.7 Å². The molecule has 0 aliphatic carbocycles. The third-order valence-electron chi connectivity index (χ3n) is 4.22. The minimum absolute atomic E-state index is 0.00383. The second-order valence-corrected chi connectivity index (χ2v) is 8.65. The number of halogens is 2. The first-order chi connectivity index (χ1) is 16.3. The SMILES string of the molecule is Cc1cc(/C=N\NC(=S)Nc2cccc(Cl)c2)c(O)c(/C=N/NC(=S)Nc2cccc(Cl)c2)c1. The molecule has 3 aromatic carbocycles. The summed E-state index contributed by atoms with van der Waals surface area (Å²) in [4.78, 5) is 0. The van der Waals surface area contributed by atoms with E-state index in [0.717, 1.165) is 16.9 Å². The Bertz CT molecular complexity index is 1170. The lowest BCUT2D eigenvalue weighted by molar-refractivity contribution is 0.473. The van der Waals surface area contributed by atoms with Gasteiger partial charge in [0.05, 0.1) is 12.4 Å². The summed E-state index contributed by atoms with van der Waals surface area (Å²) < 4.78 is 0. The van der Waals surface area contributed by atoms with Crippen molar-refractivity contribution in [1.29, 1.82) is 0 Å². The van der Waals surface area contributed by atoms with Crippen LogP contribution < -0.4 is 21.5 Å². The second kappa shape index (κ2) is 12.3. The molecule has 11 heteroatoms. The van der Waals surface area contributed by atoms with Gasteiger partial charge in [-0.05, 0) is 85.5 Å². The number of hydrogen-bond donors (Lipinski definition) is 5. The van der Waals surface area contributed by atoms with Crippen LogP contribution in [-0.4, -0.2) is 27.8 Å². The highest BCUT2D eigenvalue weighted by Gasteiger charge is 2.06. The van der Waals surface area contributed by atoms with Gasteiger partial charge in [-0.3, -0.25) is 10.9 Å².